The Hall–Kier alpha value is -2.21. The number of hydrogen-bond donors (Lipinski definition) is 5. The van der Waals surface area contributed by atoms with E-state index in [9.17, 15) is 8.42 Å². The van der Waals surface area contributed by atoms with E-state index in [-0.39, 0.29) is 18.3 Å². The molecule has 0 aliphatic heterocycles. The molecule has 0 saturated heterocycles. The summed E-state index contributed by atoms with van der Waals surface area (Å²) in [6, 6.07) is 0. The van der Waals surface area contributed by atoms with Crippen LogP contribution < -0.4 is 21.9 Å². The summed E-state index contributed by atoms with van der Waals surface area (Å²) in [5, 5.41) is 0. The van der Waals surface area contributed by atoms with Gasteiger partial charge in [-0.15, -0.1) is 0 Å². The number of anilines is 3. The third kappa shape index (κ3) is 6.28. The maximum Gasteiger partial charge on any atom is 0.359 e. The SMILES string of the molecule is NC=O.Nc1nc(N)nc(NS(=O)(=O)O)n1. The highest BCUT2D eigenvalue weighted by atomic mass is 32.2. The van der Waals surface area contributed by atoms with E-state index >= 15 is 0 Å². The Morgan fingerprint density at radius 2 is 1.56 bits per heavy atom. The summed E-state index contributed by atoms with van der Waals surface area (Å²) in [6.45, 7) is 0. The van der Waals surface area contributed by atoms with E-state index in [4.69, 9.17) is 20.8 Å². The second kappa shape index (κ2) is 5.62. The Kier molecular flexibility index (Phi) is 4.84. The van der Waals surface area contributed by atoms with Crippen molar-refractivity contribution in [2.45, 2.75) is 0 Å². The number of nitrogens with zero attached hydrogens (tertiary/aromatic N) is 3. The van der Waals surface area contributed by atoms with Gasteiger partial charge in [-0.05, 0) is 0 Å². The van der Waals surface area contributed by atoms with Gasteiger partial charge in [-0.2, -0.15) is 23.4 Å². The number of carbonyl (C=O) groups excluding carboxylic acids is 1. The van der Waals surface area contributed by atoms with Gasteiger partial charge < -0.3 is 17.2 Å². The van der Waals surface area contributed by atoms with Crippen molar-refractivity contribution in [1.29, 1.82) is 0 Å². The minimum Gasteiger partial charge on any atom is -0.372 e. The summed E-state index contributed by atoms with van der Waals surface area (Å²) in [4.78, 5) is 18.7. The molecule has 0 spiro atoms. The number of nitrogens with two attached hydrogens (primary N) is 3. The first-order valence-electron chi connectivity index (χ1n) is 3.46. The van der Waals surface area contributed by atoms with Gasteiger partial charge in [0.05, 0.1) is 0 Å². The van der Waals surface area contributed by atoms with Crippen LogP contribution in [0.2, 0.25) is 0 Å². The van der Waals surface area contributed by atoms with Crippen LogP contribution in [0.5, 0.6) is 0 Å². The Labute approximate surface area is 90.0 Å². The van der Waals surface area contributed by atoms with E-state index in [0.29, 0.717) is 0 Å². The lowest BCUT2D eigenvalue weighted by Crippen LogP contribution is -2.15. The molecule has 16 heavy (non-hydrogen) atoms. The highest BCUT2D eigenvalue weighted by Crippen LogP contribution is 2.04. The van der Waals surface area contributed by atoms with Gasteiger partial charge in [-0.1, -0.05) is 0 Å². The summed E-state index contributed by atoms with van der Waals surface area (Å²) >= 11 is 0. The molecule has 0 bridgehead atoms. The number of nitrogens with one attached hydrogen (secondary N) is 1. The molecule has 8 N–H and O–H groups in total. The molecule has 0 fully saturated rings. The molecule has 11 nitrogen and oxygen atoms in total. The van der Waals surface area contributed by atoms with Crippen LogP contribution in [-0.4, -0.2) is 34.3 Å². The standard InChI is InChI=1S/C3H6N6O3S.CH3NO/c4-1-6-2(5)8-3(7-1)9-13(10,11)12;2-1-3/h(H,10,11,12)(H5,4,5,6,7,8,9);1H,(H2,2,3). The van der Waals surface area contributed by atoms with E-state index in [1.54, 1.807) is 4.72 Å². The molecule has 1 amide bonds. The van der Waals surface area contributed by atoms with Crippen molar-refractivity contribution in [2.24, 2.45) is 5.73 Å². The smallest absolute Gasteiger partial charge is 0.359 e. The van der Waals surface area contributed by atoms with E-state index in [1.165, 1.54) is 0 Å². The molecule has 0 aliphatic rings. The zero-order valence-corrected chi connectivity index (χ0v) is 8.55. The summed E-state index contributed by atoms with van der Waals surface area (Å²) in [5.74, 6) is -0.940. The van der Waals surface area contributed by atoms with Crippen LogP contribution >= 0.6 is 0 Å². The third-order valence-corrected chi connectivity index (χ3v) is 1.33. The molecular formula is C4H9N7O4S. The number of primary amides is 1. The summed E-state index contributed by atoms with van der Waals surface area (Å²) < 4.78 is 30.5. The minimum absolute atomic E-state index is 0.250. The normalized spacial score (nSPS) is 9.81. The van der Waals surface area contributed by atoms with Crippen LogP contribution in [-0.2, 0) is 15.1 Å². The molecule has 0 aliphatic carbocycles. The van der Waals surface area contributed by atoms with Gasteiger partial charge in [0.15, 0.2) is 0 Å². The first-order valence-corrected chi connectivity index (χ1v) is 4.90. The predicted octanol–water partition coefficient (Wildman–Crippen LogP) is -2.65. The number of carbonyl (C=O) groups is 1. The van der Waals surface area contributed by atoms with E-state index in [0.717, 1.165) is 0 Å². The largest absolute Gasteiger partial charge is 0.372 e. The van der Waals surface area contributed by atoms with Crippen molar-refractivity contribution in [3.05, 3.63) is 0 Å². The van der Waals surface area contributed by atoms with Crippen LogP contribution in [0.4, 0.5) is 17.8 Å². The topological polar surface area (TPSA) is 200 Å². The highest BCUT2D eigenvalue weighted by molar-refractivity contribution is 7.87. The maximum atomic E-state index is 10.3. The van der Waals surface area contributed by atoms with Crippen LogP contribution in [0.1, 0.15) is 0 Å². The molecule has 1 aromatic heterocycles. The Morgan fingerprint density at radius 3 is 1.88 bits per heavy atom. The van der Waals surface area contributed by atoms with Crippen LogP contribution in [0, 0.1) is 0 Å². The van der Waals surface area contributed by atoms with Gasteiger partial charge in [0.25, 0.3) is 0 Å². The van der Waals surface area contributed by atoms with Crippen molar-refractivity contribution in [1.82, 2.24) is 15.0 Å². The molecule has 0 saturated carbocycles. The molecular weight excluding hydrogens is 242 g/mol. The fraction of sp³-hybridized carbons (Fsp3) is 0. The fourth-order valence-corrected chi connectivity index (χ4v) is 0.892. The predicted molar refractivity (Wildman–Crippen MR) is 54.1 cm³/mol. The lowest BCUT2D eigenvalue weighted by molar-refractivity contribution is -0.106. The van der Waals surface area contributed by atoms with Gasteiger partial charge in [0.1, 0.15) is 0 Å². The molecule has 0 radical (unpaired) electrons. The molecule has 1 rings (SSSR count). The van der Waals surface area contributed by atoms with E-state index < -0.39 is 16.3 Å². The lowest BCUT2D eigenvalue weighted by atomic mass is 10.8. The number of amides is 1. The highest BCUT2D eigenvalue weighted by Gasteiger charge is 2.08. The van der Waals surface area contributed by atoms with Crippen LogP contribution in [0.15, 0.2) is 0 Å². The van der Waals surface area contributed by atoms with Crippen LogP contribution in [0.3, 0.4) is 0 Å². The summed E-state index contributed by atoms with van der Waals surface area (Å²) in [5.41, 5.74) is 14.4. The fourth-order valence-electron chi connectivity index (χ4n) is 0.570. The van der Waals surface area contributed by atoms with Crippen molar-refractivity contribution in [3.8, 4) is 0 Å². The summed E-state index contributed by atoms with van der Waals surface area (Å²) in [7, 11) is -4.42. The van der Waals surface area contributed by atoms with Gasteiger partial charge in [0.2, 0.25) is 24.3 Å². The number of hydrogen-bond acceptors (Lipinski definition) is 8. The quantitative estimate of drug-likeness (QED) is 0.275. The molecule has 0 atom stereocenters. The summed E-state index contributed by atoms with van der Waals surface area (Å²) in [6.07, 6.45) is 0.250. The molecule has 1 aromatic rings. The van der Waals surface area contributed by atoms with E-state index in [1.807, 2.05) is 0 Å². The van der Waals surface area contributed by atoms with Gasteiger partial charge in [0, 0.05) is 0 Å². The molecule has 90 valence electrons. The Morgan fingerprint density at radius 1 is 1.19 bits per heavy atom. The number of rotatable bonds is 2. The number of aromatic nitrogens is 3. The van der Waals surface area contributed by atoms with Crippen molar-refractivity contribution >= 4 is 34.6 Å². The van der Waals surface area contributed by atoms with Gasteiger partial charge in [-0.25, -0.2) is 4.72 Å². The van der Waals surface area contributed by atoms with Crippen molar-refractivity contribution in [2.75, 3.05) is 16.2 Å². The van der Waals surface area contributed by atoms with E-state index in [2.05, 4.69) is 20.7 Å². The van der Waals surface area contributed by atoms with Crippen molar-refractivity contribution < 1.29 is 17.8 Å². The van der Waals surface area contributed by atoms with Gasteiger partial charge in [-0.3, -0.25) is 9.35 Å². The third-order valence-electron chi connectivity index (χ3n) is 0.890. The average Bonchev–Trinajstić information content (AvgIpc) is 1.98. The van der Waals surface area contributed by atoms with Gasteiger partial charge >= 0.3 is 10.3 Å². The first-order chi connectivity index (χ1) is 7.28. The van der Waals surface area contributed by atoms with Crippen LogP contribution in [0.25, 0.3) is 0 Å². The Balaban J connectivity index is 0.000000673. The molecule has 0 unspecified atom stereocenters. The molecule has 0 aromatic carbocycles. The average molecular weight is 251 g/mol. The second-order valence-electron chi connectivity index (χ2n) is 2.09. The second-order valence-corrected chi connectivity index (χ2v) is 3.24. The monoisotopic (exact) mass is 251 g/mol. The zero-order valence-electron chi connectivity index (χ0n) is 7.73. The zero-order chi connectivity index (χ0) is 12.8. The molecule has 1 heterocycles. The number of nitrogen functional groups attached to an aromatic ring is 2. The first kappa shape index (κ1) is 13.8. The Bertz CT molecular complexity index is 439. The minimum atomic E-state index is -4.42. The van der Waals surface area contributed by atoms with Crippen molar-refractivity contribution in [3.63, 3.8) is 0 Å². The lowest BCUT2D eigenvalue weighted by Gasteiger charge is -2.01. The maximum absolute atomic E-state index is 10.3. The molecule has 12 heteroatoms.